The Morgan fingerprint density at radius 2 is 1.95 bits per heavy atom. The lowest BCUT2D eigenvalue weighted by molar-refractivity contribution is 0.102. The highest BCUT2D eigenvalue weighted by Crippen LogP contribution is 2.37. The van der Waals surface area contributed by atoms with Crippen LogP contribution in [-0.2, 0) is 22.5 Å². The first-order valence-corrected chi connectivity index (χ1v) is 13.9. The van der Waals surface area contributed by atoms with Gasteiger partial charge in [-0.3, -0.25) is 13.8 Å². The highest BCUT2D eigenvalue weighted by Gasteiger charge is 2.22. The molecule has 39 heavy (non-hydrogen) atoms. The van der Waals surface area contributed by atoms with Gasteiger partial charge in [-0.2, -0.15) is 0 Å². The van der Waals surface area contributed by atoms with Crippen LogP contribution in [0.3, 0.4) is 0 Å². The van der Waals surface area contributed by atoms with Gasteiger partial charge in [-0.05, 0) is 49.1 Å². The topological polar surface area (TPSA) is 129 Å². The number of nitrogens with one attached hydrogen (secondary N) is 2. The molecule has 1 atom stereocenters. The van der Waals surface area contributed by atoms with E-state index in [1.54, 1.807) is 12.5 Å². The van der Waals surface area contributed by atoms with Crippen molar-refractivity contribution >= 4 is 67.5 Å². The smallest absolute Gasteiger partial charge is 0.258 e. The number of halogens is 2. The lowest BCUT2D eigenvalue weighted by atomic mass is 10.1. The fourth-order valence-corrected chi connectivity index (χ4v) is 5.74. The summed E-state index contributed by atoms with van der Waals surface area (Å²) in [5.41, 5.74) is 3.92. The van der Waals surface area contributed by atoms with Crippen molar-refractivity contribution in [2.24, 2.45) is 0 Å². The zero-order valence-corrected chi connectivity index (χ0v) is 23.3. The standard InChI is InChI=1S/C25H25ClFN5O5S2/c1-36-16-8-6-15(7-9-16)5-3-4-12-32(39(34)35)19-11-10-18(27)22(20(19)26)30-25(33)17-13-38-23-21(17)28-14-29-24(23)31-37-2/h6-11,13-14H,3-5,12H2,1-2H3,(H,30,33)(H,34,35)(H,28,29,31)/p-1. The summed E-state index contributed by atoms with van der Waals surface area (Å²) in [6.45, 7) is 0.117. The Bertz CT molecular complexity index is 1490. The van der Waals surface area contributed by atoms with E-state index in [0.29, 0.717) is 28.9 Å². The molecule has 1 unspecified atom stereocenters. The van der Waals surface area contributed by atoms with Gasteiger partial charge in [0.1, 0.15) is 17.9 Å². The second kappa shape index (κ2) is 13.1. The van der Waals surface area contributed by atoms with Crippen LogP contribution in [0.4, 0.5) is 21.6 Å². The fourth-order valence-electron chi connectivity index (χ4n) is 3.86. The van der Waals surface area contributed by atoms with Crippen LogP contribution in [0.5, 0.6) is 5.75 Å². The average Bonchev–Trinajstić information content (AvgIpc) is 3.37. The van der Waals surface area contributed by atoms with Crippen molar-refractivity contribution in [3.8, 4) is 5.75 Å². The zero-order valence-electron chi connectivity index (χ0n) is 20.9. The third-order valence-corrected chi connectivity index (χ3v) is 7.89. The lowest BCUT2D eigenvalue weighted by Crippen LogP contribution is -2.27. The Morgan fingerprint density at radius 3 is 2.64 bits per heavy atom. The quantitative estimate of drug-likeness (QED) is 0.128. The van der Waals surface area contributed by atoms with Gasteiger partial charge in [-0.1, -0.05) is 23.7 Å². The van der Waals surface area contributed by atoms with Crippen molar-refractivity contribution < 1.29 is 27.5 Å². The van der Waals surface area contributed by atoms with E-state index in [0.717, 1.165) is 28.1 Å². The number of unbranched alkanes of at least 4 members (excludes halogenated alkanes) is 1. The number of methoxy groups -OCH3 is 1. The number of rotatable bonds is 12. The summed E-state index contributed by atoms with van der Waals surface area (Å²) in [5.74, 6) is -0.355. The SMILES string of the molecule is CONc1ncnc2c(C(=O)Nc3c(F)ccc(N(CCCCc4ccc(OC)cc4)S(=O)[O-])c3Cl)csc12. The van der Waals surface area contributed by atoms with Gasteiger partial charge < -0.3 is 18.9 Å². The Balaban J connectivity index is 1.49. The first-order valence-electron chi connectivity index (χ1n) is 11.6. The average molecular weight is 593 g/mol. The van der Waals surface area contributed by atoms with E-state index in [9.17, 15) is 17.9 Å². The fraction of sp³-hybridized carbons (Fsp3) is 0.240. The number of fused-ring (bicyclic) bond motifs is 1. The van der Waals surface area contributed by atoms with E-state index in [4.69, 9.17) is 21.2 Å². The molecule has 14 heteroatoms. The van der Waals surface area contributed by atoms with Gasteiger partial charge in [0, 0.05) is 23.2 Å². The third kappa shape index (κ3) is 6.62. The van der Waals surface area contributed by atoms with E-state index in [1.807, 2.05) is 24.3 Å². The molecule has 10 nitrogen and oxygen atoms in total. The summed E-state index contributed by atoms with van der Waals surface area (Å²) in [6.07, 6.45) is 3.22. The molecule has 0 spiro atoms. The minimum atomic E-state index is -2.68. The summed E-state index contributed by atoms with van der Waals surface area (Å²) >= 11 is 4.96. The molecule has 0 saturated carbocycles. The molecular formula is C25H24ClFN5O5S2-. The molecule has 4 aromatic rings. The molecule has 0 saturated heterocycles. The predicted molar refractivity (Wildman–Crippen MR) is 150 cm³/mol. The molecule has 4 rings (SSSR count). The maximum atomic E-state index is 14.8. The number of ether oxygens (including phenoxy) is 1. The van der Waals surface area contributed by atoms with Gasteiger partial charge in [-0.25, -0.2) is 19.8 Å². The molecule has 2 aromatic carbocycles. The van der Waals surface area contributed by atoms with E-state index in [1.165, 1.54) is 30.8 Å². The first kappa shape index (κ1) is 28.6. The molecule has 0 fully saturated rings. The minimum Gasteiger partial charge on any atom is -0.755 e. The van der Waals surface area contributed by atoms with E-state index in [-0.39, 0.29) is 28.5 Å². The summed E-state index contributed by atoms with van der Waals surface area (Å²) in [7, 11) is 3.02. The number of amides is 1. The van der Waals surface area contributed by atoms with Gasteiger partial charge in [0.15, 0.2) is 5.82 Å². The largest absolute Gasteiger partial charge is 0.755 e. The molecule has 0 aliphatic rings. The number of hydrogen-bond donors (Lipinski definition) is 2. The van der Waals surface area contributed by atoms with Crippen molar-refractivity contribution in [1.82, 2.24) is 9.97 Å². The summed E-state index contributed by atoms with van der Waals surface area (Å²) in [6, 6.07) is 9.95. The van der Waals surface area contributed by atoms with Gasteiger partial charge in [0.2, 0.25) is 0 Å². The Kier molecular flexibility index (Phi) is 9.64. The third-order valence-electron chi connectivity index (χ3n) is 5.79. The number of hydrogen-bond acceptors (Lipinski definition) is 9. The van der Waals surface area contributed by atoms with Crippen LogP contribution in [0.15, 0.2) is 48.1 Å². The maximum absolute atomic E-state index is 14.8. The molecule has 0 aliphatic carbocycles. The number of anilines is 3. The van der Waals surface area contributed by atoms with Crippen LogP contribution in [0.25, 0.3) is 10.2 Å². The minimum absolute atomic E-state index is 0.0511. The number of carbonyl (C=O) groups is 1. The molecule has 0 bridgehead atoms. The van der Waals surface area contributed by atoms with Crippen molar-refractivity contribution in [3.63, 3.8) is 0 Å². The summed E-state index contributed by atoms with van der Waals surface area (Å²) in [4.78, 5) is 26.2. The Morgan fingerprint density at radius 1 is 1.18 bits per heavy atom. The maximum Gasteiger partial charge on any atom is 0.258 e. The van der Waals surface area contributed by atoms with Crippen LogP contribution < -0.4 is 19.8 Å². The van der Waals surface area contributed by atoms with Crippen LogP contribution in [0.2, 0.25) is 5.02 Å². The van der Waals surface area contributed by atoms with Crippen molar-refractivity contribution in [2.75, 3.05) is 35.9 Å². The number of carbonyl (C=O) groups excluding carboxylic acids is 1. The van der Waals surface area contributed by atoms with Crippen LogP contribution in [0.1, 0.15) is 28.8 Å². The Labute approximate surface area is 235 Å². The molecular weight excluding hydrogens is 569 g/mol. The van der Waals surface area contributed by atoms with E-state index >= 15 is 0 Å². The second-order valence-corrected chi connectivity index (χ2v) is 10.3. The molecule has 2 aromatic heterocycles. The lowest BCUT2D eigenvalue weighted by Gasteiger charge is -2.28. The number of nitrogens with zero attached hydrogens (tertiary/aromatic N) is 3. The predicted octanol–water partition coefficient (Wildman–Crippen LogP) is 5.34. The molecule has 2 N–H and O–H groups in total. The Hall–Kier alpha value is -3.36. The van der Waals surface area contributed by atoms with Gasteiger partial charge in [0.05, 0.1) is 46.4 Å². The molecule has 0 radical (unpaired) electrons. The zero-order chi connectivity index (χ0) is 27.9. The van der Waals surface area contributed by atoms with Crippen molar-refractivity contribution in [1.29, 1.82) is 0 Å². The summed E-state index contributed by atoms with van der Waals surface area (Å²) in [5, 5.41) is 3.78. The summed E-state index contributed by atoms with van der Waals surface area (Å²) < 4.78 is 45.7. The van der Waals surface area contributed by atoms with E-state index in [2.05, 4.69) is 20.8 Å². The first-order chi connectivity index (χ1) is 18.8. The molecule has 0 aliphatic heterocycles. The van der Waals surface area contributed by atoms with Crippen molar-refractivity contribution in [3.05, 3.63) is 70.1 Å². The molecule has 206 valence electrons. The number of aromatic nitrogens is 2. The highest BCUT2D eigenvalue weighted by atomic mass is 35.5. The number of thiophene rings is 1. The number of benzene rings is 2. The number of aryl methyl sites for hydroxylation is 1. The molecule has 2 heterocycles. The van der Waals surface area contributed by atoms with Crippen LogP contribution in [0, 0.1) is 5.82 Å². The van der Waals surface area contributed by atoms with Crippen LogP contribution in [-0.4, -0.2) is 45.4 Å². The van der Waals surface area contributed by atoms with Gasteiger partial charge in [-0.15, -0.1) is 11.3 Å². The van der Waals surface area contributed by atoms with Crippen molar-refractivity contribution in [2.45, 2.75) is 19.3 Å². The van der Waals surface area contributed by atoms with Gasteiger partial charge >= 0.3 is 0 Å². The van der Waals surface area contributed by atoms with Gasteiger partial charge in [0.25, 0.3) is 5.91 Å². The van der Waals surface area contributed by atoms with Crippen LogP contribution >= 0.6 is 22.9 Å². The second-order valence-electron chi connectivity index (χ2n) is 8.19. The monoisotopic (exact) mass is 592 g/mol. The normalized spacial score (nSPS) is 11.8. The van der Waals surface area contributed by atoms with E-state index < -0.39 is 23.0 Å². The highest BCUT2D eigenvalue weighted by molar-refractivity contribution is 7.80. The molecule has 1 amide bonds.